The molecule has 1 N–H and O–H groups in total. The molecule has 1 aliphatic rings. The highest BCUT2D eigenvalue weighted by atomic mass is 32.2. The quantitative estimate of drug-likeness (QED) is 0.423. The molecule has 174 valence electrons. The second-order valence-corrected chi connectivity index (χ2v) is 8.34. The van der Waals surface area contributed by atoms with E-state index in [-0.39, 0.29) is 19.8 Å². The van der Waals surface area contributed by atoms with Crippen LogP contribution in [0.1, 0.15) is 19.4 Å². The fourth-order valence-corrected chi connectivity index (χ4v) is 5.38. The third-order valence-electron chi connectivity index (χ3n) is 5.56. The zero-order chi connectivity index (χ0) is 23.2. The van der Waals surface area contributed by atoms with Crippen molar-refractivity contribution in [3.05, 3.63) is 40.9 Å². The van der Waals surface area contributed by atoms with Crippen LogP contribution in [0, 0.1) is 0 Å². The van der Waals surface area contributed by atoms with Crippen LogP contribution in [-0.2, 0) is 20.7 Å². The van der Waals surface area contributed by atoms with Gasteiger partial charge in [-0.05, 0) is 31.5 Å². The number of benzene rings is 1. The second-order valence-electron chi connectivity index (χ2n) is 7.39. The molecule has 0 bridgehead atoms. The average molecular weight is 465 g/mol. The molecule has 0 fully saturated rings. The smallest absolute Gasteiger partial charge is 0.452 e. The minimum atomic E-state index is -4.45. The van der Waals surface area contributed by atoms with Crippen molar-refractivity contribution < 1.29 is 41.8 Å². The highest BCUT2D eigenvalue weighted by Gasteiger charge is 2.62. The summed E-state index contributed by atoms with van der Waals surface area (Å²) < 4.78 is 56.8. The molecule has 1 heterocycles. The summed E-state index contributed by atoms with van der Waals surface area (Å²) in [6.45, 7) is 2.80. The van der Waals surface area contributed by atoms with E-state index in [4.69, 9.17) is 9.47 Å². The maximum Gasteiger partial charge on any atom is 0.452 e. The van der Waals surface area contributed by atoms with Gasteiger partial charge in [-0.15, -0.1) is 0 Å². The number of hydrogen-bond acceptors (Lipinski definition) is 6. The van der Waals surface area contributed by atoms with Crippen LogP contribution in [0.15, 0.2) is 35.4 Å². The van der Waals surface area contributed by atoms with Gasteiger partial charge in [0.25, 0.3) is 0 Å². The van der Waals surface area contributed by atoms with Crippen LogP contribution in [-0.4, -0.2) is 73.2 Å². The van der Waals surface area contributed by atoms with Crippen molar-refractivity contribution >= 4 is 17.7 Å². The Morgan fingerprint density at radius 1 is 1.23 bits per heavy atom. The lowest BCUT2D eigenvalue weighted by Gasteiger charge is -2.46. The number of rotatable bonds is 10. The molecule has 1 aromatic carbocycles. The zero-order valence-corrected chi connectivity index (χ0v) is 18.8. The summed E-state index contributed by atoms with van der Waals surface area (Å²) in [6.07, 6.45) is -4.63. The summed E-state index contributed by atoms with van der Waals surface area (Å²) >= 11 is 0.731. The van der Waals surface area contributed by atoms with Crippen molar-refractivity contribution in [2.75, 3.05) is 34.0 Å². The number of thioether (sulfide) groups is 1. The van der Waals surface area contributed by atoms with Crippen LogP contribution in [0.4, 0.5) is 13.2 Å². The monoisotopic (exact) mass is 464 g/mol. The van der Waals surface area contributed by atoms with Gasteiger partial charge in [0.2, 0.25) is 5.37 Å². The number of nitrogens with zero attached hydrogens (tertiary/aromatic N) is 1. The molecule has 4 atom stereocenters. The van der Waals surface area contributed by atoms with Crippen molar-refractivity contribution in [1.29, 1.82) is 0 Å². The van der Waals surface area contributed by atoms with E-state index >= 15 is 0 Å². The van der Waals surface area contributed by atoms with Gasteiger partial charge in [0.1, 0.15) is 24.1 Å². The standard InChI is InChI=1S/C21H29F3NO5S/c1-14(11-16-5-7-17(8-6-16)30-12-19(27)29-4)25(9-10-26)18(15(2)28-3)13-31-20(25)21(22,23)24/h5-8,13-15,20,26H,9-12H2,1-4H3/q+1. The molecule has 10 heteroatoms. The number of ether oxygens (including phenoxy) is 3. The fraction of sp³-hybridized carbons (Fsp3) is 0.571. The number of halogens is 3. The predicted molar refractivity (Wildman–Crippen MR) is 111 cm³/mol. The van der Waals surface area contributed by atoms with Crippen LogP contribution in [0.25, 0.3) is 0 Å². The average Bonchev–Trinajstić information content (AvgIpc) is 3.13. The molecule has 2 rings (SSSR count). The molecule has 1 aromatic rings. The Kier molecular flexibility index (Phi) is 8.82. The van der Waals surface area contributed by atoms with Crippen molar-refractivity contribution in [1.82, 2.24) is 0 Å². The van der Waals surface area contributed by atoms with Crippen molar-refractivity contribution in [2.24, 2.45) is 0 Å². The maximum atomic E-state index is 14.0. The van der Waals surface area contributed by atoms with Gasteiger partial charge in [-0.2, -0.15) is 13.2 Å². The van der Waals surface area contributed by atoms with Gasteiger partial charge in [0.05, 0.1) is 19.8 Å². The van der Waals surface area contributed by atoms with E-state index in [2.05, 4.69) is 4.74 Å². The number of hydrogen-bond donors (Lipinski definition) is 1. The Bertz CT molecular complexity index is 771. The number of carbonyl (C=O) groups excluding carboxylic acids is 1. The summed E-state index contributed by atoms with van der Waals surface area (Å²) in [4.78, 5) is 11.2. The number of alkyl halides is 3. The lowest BCUT2D eigenvalue weighted by molar-refractivity contribution is -0.934. The van der Waals surface area contributed by atoms with Gasteiger partial charge in [0.15, 0.2) is 6.61 Å². The van der Waals surface area contributed by atoms with Crippen LogP contribution in [0.3, 0.4) is 0 Å². The van der Waals surface area contributed by atoms with E-state index < -0.39 is 34.1 Å². The Hall–Kier alpha value is -1.75. The molecule has 0 aliphatic carbocycles. The number of aliphatic hydroxyl groups excluding tert-OH is 1. The molecular formula is C21H29F3NO5S+. The lowest BCUT2D eigenvalue weighted by Crippen LogP contribution is -2.64. The maximum absolute atomic E-state index is 14.0. The molecule has 0 radical (unpaired) electrons. The molecule has 0 saturated carbocycles. The highest BCUT2D eigenvalue weighted by Crippen LogP contribution is 2.50. The number of aliphatic hydroxyl groups is 1. The molecular weight excluding hydrogens is 435 g/mol. The number of esters is 1. The first kappa shape index (κ1) is 25.5. The summed E-state index contributed by atoms with van der Waals surface area (Å²) in [6, 6.07) is 6.35. The molecule has 4 unspecified atom stereocenters. The molecule has 0 spiro atoms. The van der Waals surface area contributed by atoms with Gasteiger partial charge >= 0.3 is 12.1 Å². The Morgan fingerprint density at radius 2 is 1.87 bits per heavy atom. The van der Waals surface area contributed by atoms with Crippen LogP contribution in [0.2, 0.25) is 0 Å². The van der Waals surface area contributed by atoms with Gasteiger partial charge < -0.3 is 19.3 Å². The van der Waals surface area contributed by atoms with E-state index in [9.17, 15) is 23.1 Å². The van der Waals surface area contributed by atoms with E-state index in [1.54, 1.807) is 38.1 Å². The summed E-state index contributed by atoms with van der Waals surface area (Å²) in [5.74, 6) is -0.0519. The molecule has 0 amide bonds. The SMILES string of the molecule is COC(=O)COc1ccc(CC(C)[N+]2(CCO)C(C(C)OC)=CSC2C(F)(F)F)cc1. The topological polar surface area (TPSA) is 65.0 Å². The predicted octanol–water partition coefficient (Wildman–Crippen LogP) is 3.49. The second kappa shape index (κ2) is 10.7. The third-order valence-corrected chi connectivity index (χ3v) is 6.84. The van der Waals surface area contributed by atoms with E-state index in [0.29, 0.717) is 17.9 Å². The van der Waals surface area contributed by atoms with Gasteiger partial charge in [-0.3, -0.25) is 4.48 Å². The van der Waals surface area contributed by atoms with Gasteiger partial charge in [0, 0.05) is 18.9 Å². The Balaban J connectivity index is 2.29. The van der Waals surface area contributed by atoms with Crippen molar-refractivity contribution in [3.8, 4) is 5.75 Å². The summed E-state index contributed by atoms with van der Waals surface area (Å²) in [5, 5.41) is 9.52. The van der Waals surface area contributed by atoms with E-state index in [1.165, 1.54) is 19.6 Å². The fourth-order valence-electron chi connectivity index (χ4n) is 3.91. The molecule has 31 heavy (non-hydrogen) atoms. The summed E-state index contributed by atoms with van der Waals surface area (Å²) in [5.41, 5.74) is 1.32. The van der Waals surface area contributed by atoms with E-state index in [1.807, 2.05) is 0 Å². The molecule has 1 aliphatic heterocycles. The van der Waals surface area contributed by atoms with Gasteiger partial charge in [-0.1, -0.05) is 23.9 Å². The normalized spacial score (nSPS) is 23.2. The zero-order valence-electron chi connectivity index (χ0n) is 18.0. The first-order valence-electron chi connectivity index (χ1n) is 9.82. The summed E-state index contributed by atoms with van der Waals surface area (Å²) in [7, 11) is 2.72. The molecule has 6 nitrogen and oxygen atoms in total. The van der Waals surface area contributed by atoms with Crippen LogP contribution >= 0.6 is 11.8 Å². The Morgan fingerprint density at radius 3 is 2.39 bits per heavy atom. The van der Waals surface area contributed by atoms with Crippen molar-refractivity contribution in [3.63, 3.8) is 0 Å². The first-order valence-corrected chi connectivity index (χ1v) is 10.8. The van der Waals surface area contributed by atoms with Crippen LogP contribution < -0.4 is 4.74 Å². The number of methoxy groups -OCH3 is 2. The lowest BCUT2D eigenvalue weighted by atomic mass is 10.0. The first-order chi connectivity index (χ1) is 14.6. The number of carbonyl (C=O) groups is 1. The third kappa shape index (κ3) is 5.74. The largest absolute Gasteiger partial charge is 0.482 e. The number of quaternary nitrogens is 1. The van der Waals surface area contributed by atoms with Gasteiger partial charge in [-0.25, -0.2) is 4.79 Å². The molecule has 0 saturated heterocycles. The minimum absolute atomic E-state index is 0.0712. The Labute approximate surface area is 184 Å². The highest BCUT2D eigenvalue weighted by molar-refractivity contribution is 8.02. The minimum Gasteiger partial charge on any atom is -0.482 e. The van der Waals surface area contributed by atoms with Crippen LogP contribution in [0.5, 0.6) is 5.75 Å². The molecule has 0 aromatic heterocycles. The van der Waals surface area contributed by atoms with E-state index in [0.717, 1.165) is 17.3 Å². The van der Waals surface area contributed by atoms with Crippen molar-refractivity contribution in [2.45, 2.75) is 44.0 Å².